The SMILES string of the molecule is CCN1CCC(c2nc(C(C)N)no2)C1. The maximum Gasteiger partial charge on any atom is 0.231 e. The maximum absolute atomic E-state index is 5.68. The molecule has 0 radical (unpaired) electrons. The van der Waals surface area contributed by atoms with Crippen molar-refractivity contribution in [2.45, 2.75) is 32.2 Å². The molecule has 1 aromatic heterocycles. The summed E-state index contributed by atoms with van der Waals surface area (Å²) >= 11 is 0. The van der Waals surface area contributed by atoms with Gasteiger partial charge in [0.1, 0.15) is 0 Å². The second kappa shape index (κ2) is 4.28. The molecule has 1 saturated heterocycles. The lowest BCUT2D eigenvalue weighted by molar-refractivity contribution is 0.324. The van der Waals surface area contributed by atoms with Gasteiger partial charge in [-0.1, -0.05) is 12.1 Å². The van der Waals surface area contributed by atoms with Crippen LogP contribution in [0.25, 0.3) is 0 Å². The van der Waals surface area contributed by atoms with E-state index < -0.39 is 0 Å². The summed E-state index contributed by atoms with van der Waals surface area (Å²) in [6.45, 7) is 7.27. The fourth-order valence-corrected chi connectivity index (χ4v) is 1.92. The number of rotatable bonds is 3. The summed E-state index contributed by atoms with van der Waals surface area (Å²) in [6.07, 6.45) is 1.11. The molecule has 15 heavy (non-hydrogen) atoms. The summed E-state index contributed by atoms with van der Waals surface area (Å²) in [7, 11) is 0. The molecule has 0 saturated carbocycles. The van der Waals surface area contributed by atoms with Crippen LogP contribution in [0.4, 0.5) is 0 Å². The van der Waals surface area contributed by atoms with Crippen LogP contribution in [0.3, 0.4) is 0 Å². The van der Waals surface area contributed by atoms with Gasteiger partial charge in [0.15, 0.2) is 5.82 Å². The Morgan fingerprint density at radius 2 is 2.47 bits per heavy atom. The number of hydrogen-bond acceptors (Lipinski definition) is 5. The molecule has 2 heterocycles. The number of likely N-dealkylation sites (tertiary alicyclic amines) is 1. The first-order chi connectivity index (χ1) is 7.20. The first-order valence-corrected chi connectivity index (χ1v) is 5.52. The standard InChI is InChI=1S/C10H18N4O/c1-3-14-5-4-8(6-14)10-12-9(7(2)11)13-15-10/h7-8H,3-6,11H2,1-2H3. The molecular formula is C10H18N4O. The van der Waals surface area contributed by atoms with E-state index in [0.29, 0.717) is 11.7 Å². The Balaban J connectivity index is 2.04. The van der Waals surface area contributed by atoms with Crippen LogP contribution in [0.2, 0.25) is 0 Å². The first kappa shape index (κ1) is 10.6. The van der Waals surface area contributed by atoms with Crippen LogP contribution >= 0.6 is 0 Å². The van der Waals surface area contributed by atoms with Crippen molar-refractivity contribution in [2.24, 2.45) is 5.73 Å². The molecular weight excluding hydrogens is 192 g/mol. The molecule has 5 heteroatoms. The topological polar surface area (TPSA) is 68.2 Å². The van der Waals surface area contributed by atoms with Gasteiger partial charge < -0.3 is 15.2 Å². The smallest absolute Gasteiger partial charge is 0.231 e. The van der Waals surface area contributed by atoms with E-state index in [1.165, 1.54) is 0 Å². The van der Waals surface area contributed by atoms with Gasteiger partial charge in [-0.2, -0.15) is 4.98 Å². The van der Waals surface area contributed by atoms with Gasteiger partial charge in [0, 0.05) is 6.54 Å². The lowest BCUT2D eigenvalue weighted by atomic mass is 10.1. The average molecular weight is 210 g/mol. The summed E-state index contributed by atoms with van der Waals surface area (Å²) < 4.78 is 5.23. The highest BCUT2D eigenvalue weighted by Crippen LogP contribution is 2.25. The molecule has 0 aliphatic carbocycles. The minimum absolute atomic E-state index is 0.147. The third-order valence-electron chi connectivity index (χ3n) is 2.93. The molecule has 2 rings (SSSR count). The van der Waals surface area contributed by atoms with Crippen molar-refractivity contribution < 1.29 is 4.52 Å². The second-order valence-corrected chi connectivity index (χ2v) is 4.16. The zero-order valence-electron chi connectivity index (χ0n) is 9.31. The van der Waals surface area contributed by atoms with Gasteiger partial charge in [0.25, 0.3) is 0 Å². The van der Waals surface area contributed by atoms with Crippen LogP contribution < -0.4 is 5.73 Å². The van der Waals surface area contributed by atoms with Crippen molar-refractivity contribution in [1.29, 1.82) is 0 Å². The highest BCUT2D eigenvalue weighted by molar-refractivity contribution is 5.00. The molecule has 5 nitrogen and oxygen atoms in total. The second-order valence-electron chi connectivity index (χ2n) is 4.16. The van der Waals surface area contributed by atoms with E-state index in [2.05, 4.69) is 22.0 Å². The summed E-state index contributed by atoms with van der Waals surface area (Å²) in [5.41, 5.74) is 5.68. The monoisotopic (exact) mass is 210 g/mol. The predicted molar refractivity (Wildman–Crippen MR) is 56.4 cm³/mol. The molecule has 0 amide bonds. The predicted octanol–water partition coefficient (Wildman–Crippen LogP) is 0.898. The fraction of sp³-hybridized carbons (Fsp3) is 0.800. The molecule has 0 aromatic carbocycles. The van der Waals surface area contributed by atoms with Crippen LogP contribution in [-0.4, -0.2) is 34.7 Å². The maximum atomic E-state index is 5.68. The third-order valence-corrected chi connectivity index (χ3v) is 2.93. The van der Waals surface area contributed by atoms with Crippen LogP contribution in [0.15, 0.2) is 4.52 Å². The largest absolute Gasteiger partial charge is 0.339 e. The molecule has 2 atom stereocenters. The lowest BCUT2D eigenvalue weighted by Gasteiger charge is -2.10. The van der Waals surface area contributed by atoms with Gasteiger partial charge in [0.2, 0.25) is 5.89 Å². The Bertz CT molecular complexity index is 323. The highest BCUT2D eigenvalue weighted by atomic mass is 16.5. The molecule has 2 unspecified atom stereocenters. The Kier molecular flexibility index (Phi) is 3.02. The van der Waals surface area contributed by atoms with Gasteiger partial charge in [-0.3, -0.25) is 0 Å². The summed E-state index contributed by atoms with van der Waals surface area (Å²) in [6, 6.07) is -0.147. The van der Waals surface area contributed by atoms with Crippen LogP contribution in [0.5, 0.6) is 0 Å². The van der Waals surface area contributed by atoms with Crippen molar-refractivity contribution in [2.75, 3.05) is 19.6 Å². The van der Waals surface area contributed by atoms with Gasteiger partial charge in [0.05, 0.1) is 12.0 Å². The van der Waals surface area contributed by atoms with Crippen LogP contribution in [0, 0.1) is 0 Å². The highest BCUT2D eigenvalue weighted by Gasteiger charge is 2.27. The van der Waals surface area contributed by atoms with Gasteiger partial charge in [-0.15, -0.1) is 0 Å². The molecule has 1 aliphatic heterocycles. The van der Waals surface area contributed by atoms with Crippen LogP contribution in [-0.2, 0) is 0 Å². The summed E-state index contributed by atoms with van der Waals surface area (Å²) in [5, 5.41) is 3.88. The average Bonchev–Trinajstić information content (AvgIpc) is 2.86. The van der Waals surface area contributed by atoms with E-state index in [9.17, 15) is 0 Å². The zero-order chi connectivity index (χ0) is 10.8. The van der Waals surface area contributed by atoms with Crippen molar-refractivity contribution in [3.63, 3.8) is 0 Å². The zero-order valence-corrected chi connectivity index (χ0v) is 9.31. The van der Waals surface area contributed by atoms with E-state index in [1.807, 2.05) is 6.92 Å². The van der Waals surface area contributed by atoms with E-state index in [-0.39, 0.29) is 6.04 Å². The quantitative estimate of drug-likeness (QED) is 0.802. The van der Waals surface area contributed by atoms with E-state index in [1.54, 1.807) is 0 Å². The van der Waals surface area contributed by atoms with E-state index >= 15 is 0 Å². The lowest BCUT2D eigenvalue weighted by Crippen LogP contribution is -2.19. The Morgan fingerprint density at radius 3 is 3.00 bits per heavy atom. The number of nitrogens with two attached hydrogens (primary N) is 1. The third kappa shape index (κ3) is 2.18. The summed E-state index contributed by atoms with van der Waals surface area (Å²) in [4.78, 5) is 6.72. The number of likely N-dealkylation sites (N-methyl/N-ethyl adjacent to an activating group) is 1. The Hall–Kier alpha value is -0.940. The van der Waals surface area contributed by atoms with E-state index in [4.69, 9.17) is 10.3 Å². The molecule has 1 fully saturated rings. The number of hydrogen-bond donors (Lipinski definition) is 1. The Labute approximate surface area is 89.6 Å². The normalized spacial score (nSPS) is 24.6. The molecule has 0 bridgehead atoms. The summed E-state index contributed by atoms with van der Waals surface area (Å²) in [5.74, 6) is 1.75. The number of nitrogens with zero attached hydrogens (tertiary/aromatic N) is 3. The number of aromatic nitrogens is 2. The van der Waals surface area contributed by atoms with Gasteiger partial charge in [-0.25, -0.2) is 0 Å². The molecule has 1 aliphatic rings. The van der Waals surface area contributed by atoms with Crippen molar-refractivity contribution in [3.8, 4) is 0 Å². The van der Waals surface area contributed by atoms with Crippen molar-refractivity contribution in [1.82, 2.24) is 15.0 Å². The van der Waals surface area contributed by atoms with Crippen LogP contribution in [0.1, 0.15) is 43.9 Å². The molecule has 84 valence electrons. The van der Waals surface area contributed by atoms with E-state index in [0.717, 1.165) is 31.9 Å². The fourth-order valence-electron chi connectivity index (χ4n) is 1.92. The minimum atomic E-state index is -0.147. The minimum Gasteiger partial charge on any atom is -0.339 e. The van der Waals surface area contributed by atoms with Gasteiger partial charge in [-0.05, 0) is 26.4 Å². The first-order valence-electron chi connectivity index (χ1n) is 5.52. The molecule has 2 N–H and O–H groups in total. The van der Waals surface area contributed by atoms with Gasteiger partial charge >= 0.3 is 0 Å². The van der Waals surface area contributed by atoms with Crippen molar-refractivity contribution in [3.05, 3.63) is 11.7 Å². The molecule has 1 aromatic rings. The Morgan fingerprint density at radius 1 is 1.67 bits per heavy atom. The molecule has 0 spiro atoms. The van der Waals surface area contributed by atoms with Crippen molar-refractivity contribution >= 4 is 0 Å².